The van der Waals surface area contributed by atoms with Gasteiger partial charge in [0.25, 0.3) is 0 Å². The number of hydrogen-bond donors (Lipinski definition) is 3. The Bertz CT molecular complexity index is 812. The highest BCUT2D eigenvalue weighted by Crippen LogP contribution is 2.18. The van der Waals surface area contributed by atoms with Gasteiger partial charge in [0.05, 0.1) is 0 Å². The van der Waals surface area contributed by atoms with E-state index >= 15 is 0 Å². The highest BCUT2D eigenvalue weighted by atomic mass is 16.2. The molecule has 1 aliphatic rings. The first-order chi connectivity index (χ1) is 14.5. The van der Waals surface area contributed by atoms with Crippen LogP contribution in [-0.2, 0) is 11.2 Å². The van der Waals surface area contributed by atoms with Crippen LogP contribution >= 0.6 is 0 Å². The SMILES string of the molecule is CC(C)c1ccc(NC(=O)NC(Cc2ccccc2)C(=O)NC2CCCCC2)cc1. The predicted molar refractivity (Wildman–Crippen MR) is 122 cm³/mol. The molecule has 1 unspecified atom stereocenters. The van der Waals surface area contributed by atoms with Crippen LogP contribution in [0.1, 0.15) is 63.0 Å². The zero-order valence-electron chi connectivity index (χ0n) is 18.0. The highest BCUT2D eigenvalue weighted by Gasteiger charge is 2.24. The van der Waals surface area contributed by atoms with Crippen LogP contribution in [0.2, 0.25) is 0 Å². The number of benzene rings is 2. The molecule has 1 saturated carbocycles. The molecule has 0 aromatic heterocycles. The number of rotatable bonds is 7. The lowest BCUT2D eigenvalue weighted by molar-refractivity contribution is -0.123. The molecule has 0 aliphatic heterocycles. The molecule has 5 nitrogen and oxygen atoms in total. The standard InChI is InChI=1S/C25H33N3O2/c1-18(2)20-13-15-22(16-14-20)27-25(30)28-23(17-19-9-5-3-6-10-19)24(29)26-21-11-7-4-8-12-21/h3,5-6,9-10,13-16,18,21,23H,4,7-8,11-12,17H2,1-2H3,(H,26,29)(H2,27,28,30). The van der Waals surface area contributed by atoms with Crippen LogP contribution in [0.15, 0.2) is 54.6 Å². The smallest absolute Gasteiger partial charge is 0.319 e. The van der Waals surface area contributed by atoms with Crippen molar-refractivity contribution in [2.24, 2.45) is 0 Å². The van der Waals surface area contributed by atoms with Gasteiger partial charge in [0, 0.05) is 18.2 Å². The molecular weight excluding hydrogens is 374 g/mol. The normalized spacial score (nSPS) is 15.4. The molecule has 160 valence electrons. The number of hydrogen-bond acceptors (Lipinski definition) is 2. The van der Waals surface area contributed by atoms with E-state index in [1.807, 2.05) is 54.6 Å². The van der Waals surface area contributed by atoms with E-state index in [4.69, 9.17) is 0 Å². The number of anilines is 1. The number of nitrogens with one attached hydrogen (secondary N) is 3. The van der Waals surface area contributed by atoms with Crippen LogP contribution < -0.4 is 16.0 Å². The summed E-state index contributed by atoms with van der Waals surface area (Å²) in [6.07, 6.45) is 6.01. The van der Waals surface area contributed by atoms with Gasteiger partial charge in [-0.15, -0.1) is 0 Å². The zero-order chi connectivity index (χ0) is 21.3. The predicted octanol–water partition coefficient (Wildman–Crippen LogP) is 4.99. The second kappa shape index (κ2) is 10.8. The largest absolute Gasteiger partial charge is 0.352 e. The number of urea groups is 1. The van der Waals surface area contributed by atoms with Crippen LogP contribution in [0, 0.1) is 0 Å². The summed E-state index contributed by atoms with van der Waals surface area (Å²) in [5.41, 5.74) is 2.95. The van der Waals surface area contributed by atoms with Gasteiger partial charge in [-0.1, -0.05) is 75.6 Å². The van der Waals surface area contributed by atoms with Crippen molar-refractivity contribution < 1.29 is 9.59 Å². The maximum Gasteiger partial charge on any atom is 0.319 e. The van der Waals surface area contributed by atoms with Crippen LogP contribution in [0.4, 0.5) is 10.5 Å². The summed E-state index contributed by atoms with van der Waals surface area (Å²) in [4.78, 5) is 25.6. The average Bonchev–Trinajstić information content (AvgIpc) is 2.75. The third-order valence-corrected chi connectivity index (χ3v) is 5.69. The molecule has 5 heteroatoms. The summed E-state index contributed by atoms with van der Waals surface area (Å²) in [5, 5.41) is 8.88. The molecule has 3 rings (SSSR count). The minimum absolute atomic E-state index is 0.115. The van der Waals surface area contributed by atoms with Crippen LogP contribution in [0.3, 0.4) is 0 Å². The third-order valence-electron chi connectivity index (χ3n) is 5.69. The first kappa shape index (κ1) is 21.9. The monoisotopic (exact) mass is 407 g/mol. The Kier molecular flexibility index (Phi) is 7.89. The fraction of sp³-hybridized carbons (Fsp3) is 0.440. The lowest BCUT2D eigenvalue weighted by Crippen LogP contribution is -2.52. The van der Waals surface area contributed by atoms with E-state index in [0.29, 0.717) is 18.0 Å². The van der Waals surface area contributed by atoms with Gasteiger partial charge in [0.15, 0.2) is 0 Å². The molecule has 0 radical (unpaired) electrons. The van der Waals surface area contributed by atoms with Gasteiger partial charge in [-0.25, -0.2) is 4.79 Å². The topological polar surface area (TPSA) is 70.2 Å². The molecule has 1 fully saturated rings. The zero-order valence-corrected chi connectivity index (χ0v) is 18.0. The molecule has 0 heterocycles. The minimum Gasteiger partial charge on any atom is -0.352 e. The summed E-state index contributed by atoms with van der Waals surface area (Å²) < 4.78 is 0. The van der Waals surface area contributed by atoms with Gasteiger partial charge >= 0.3 is 6.03 Å². The van der Waals surface area contributed by atoms with Gasteiger partial charge in [-0.2, -0.15) is 0 Å². The lowest BCUT2D eigenvalue weighted by Gasteiger charge is -2.26. The lowest BCUT2D eigenvalue weighted by atomic mass is 9.95. The Hall–Kier alpha value is -2.82. The second-order valence-electron chi connectivity index (χ2n) is 8.46. The molecule has 0 saturated heterocycles. The van der Waals surface area contributed by atoms with Crippen molar-refractivity contribution in [1.82, 2.24) is 10.6 Å². The highest BCUT2D eigenvalue weighted by molar-refractivity contribution is 5.94. The molecule has 1 aliphatic carbocycles. The van der Waals surface area contributed by atoms with E-state index < -0.39 is 6.04 Å². The average molecular weight is 408 g/mol. The van der Waals surface area contributed by atoms with Crippen molar-refractivity contribution in [3.05, 3.63) is 65.7 Å². The Morgan fingerprint density at radius 2 is 1.60 bits per heavy atom. The fourth-order valence-corrected chi connectivity index (χ4v) is 3.88. The number of carbonyl (C=O) groups excluding carboxylic acids is 2. The van der Waals surface area contributed by atoms with Gasteiger partial charge in [-0.05, 0) is 42.0 Å². The maximum absolute atomic E-state index is 13.0. The minimum atomic E-state index is -0.621. The molecule has 2 aromatic rings. The summed E-state index contributed by atoms with van der Waals surface area (Å²) in [6, 6.07) is 16.8. The molecule has 0 bridgehead atoms. The first-order valence-corrected chi connectivity index (χ1v) is 11.0. The van der Waals surface area contributed by atoms with Crippen molar-refractivity contribution in [3.8, 4) is 0 Å². The van der Waals surface area contributed by atoms with Gasteiger partial charge in [-0.3, -0.25) is 4.79 Å². The quantitative estimate of drug-likeness (QED) is 0.605. The van der Waals surface area contributed by atoms with Crippen LogP contribution in [0.5, 0.6) is 0 Å². The molecule has 3 amide bonds. The molecule has 0 spiro atoms. The van der Waals surface area contributed by atoms with E-state index in [2.05, 4.69) is 29.8 Å². The van der Waals surface area contributed by atoms with E-state index in [9.17, 15) is 9.59 Å². The van der Waals surface area contributed by atoms with E-state index in [-0.39, 0.29) is 18.0 Å². The van der Waals surface area contributed by atoms with Gasteiger partial charge in [0.1, 0.15) is 6.04 Å². The van der Waals surface area contributed by atoms with Crippen LogP contribution in [-0.4, -0.2) is 24.0 Å². The fourth-order valence-electron chi connectivity index (χ4n) is 3.88. The Labute approximate surface area is 179 Å². The Morgan fingerprint density at radius 1 is 0.933 bits per heavy atom. The molecule has 3 N–H and O–H groups in total. The summed E-state index contributed by atoms with van der Waals surface area (Å²) >= 11 is 0. The third kappa shape index (κ3) is 6.61. The molecule has 2 aromatic carbocycles. The van der Waals surface area contributed by atoms with Crippen molar-refractivity contribution in [3.63, 3.8) is 0 Å². The van der Waals surface area contributed by atoms with E-state index in [1.165, 1.54) is 12.0 Å². The van der Waals surface area contributed by atoms with Crippen LogP contribution in [0.25, 0.3) is 0 Å². The molecular formula is C25H33N3O2. The maximum atomic E-state index is 13.0. The van der Waals surface area contributed by atoms with Gasteiger partial charge in [0.2, 0.25) is 5.91 Å². The van der Waals surface area contributed by atoms with E-state index in [0.717, 1.165) is 31.2 Å². The summed E-state index contributed by atoms with van der Waals surface area (Å²) in [6.45, 7) is 4.27. The molecule has 1 atom stereocenters. The second-order valence-corrected chi connectivity index (χ2v) is 8.46. The van der Waals surface area contributed by atoms with Crippen molar-refractivity contribution in [2.45, 2.75) is 70.4 Å². The molecule has 30 heavy (non-hydrogen) atoms. The van der Waals surface area contributed by atoms with Crippen molar-refractivity contribution in [2.75, 3.05) is 5.32 Å². The number of amides is 3. The Balaban J connectivity index is 1.64. The Morgan fingerprint density at radius 3 is 2.23 bits per heavy atom. The van der Waals surface area contributed by atoms with E-state index in [1.54, 1.807) is 0 Å². The summed E-state index contributed by atoms with van der Waals surface area (Å²) in [7, 11) is 0. The summed E-state index contributed by atoms with van der Waals surface area (Å²) in [5.74, 6) is 0.322. The first-order valence-electron chi connectivity index (χ1n) is 11.0. The van der Waals surface area contributed by atoms with Crippen molar-refractivity contribution in [1.29, 1.82) is 0 Å². The number of carbonyl (C=O) groups is 2. The van der Waals surface area contributed by atoms with Crippen molar-refractivity contribution >= 4 is 17.6 Å². The van der Waals surface area contributed by atoms with Gasteiger partial charge < -0.3 is 16.0 Å².